The summed E-state index contributed by atoms with van der Waals surface area (Å²) in [6.07, 6.45) is -4.83. The lowest BCUT2D eigenvalue weighted by Crippen LogP contribution is -2.10. The van der Waals surface area contributed by atoms with E-state index in [9.17, 15) is 33.4 Å². The highest BCUT2D eigenvalue weighted by molar-refractivity contribution is 7.99. The van der Waals surface area contributed by atoms with Crippen LogP contribution in [0.3, 0.4) is 0 Å². The predicted molar refractivity (Wildman–Crippen MR) is 109 cm³/mol. The number of non-ortho nitro benzene ring substituents is 1. The third-order valence-corrected chi connectivity index (χ3v) is 5.16. The van der Waals surface area contributed by atoms with Gasteiger partial charge in [-0.05, 0) is 42.1 Å². The van der Waals surface area contributed by atoms with Crippen LogP contribution in [0.15, 0.2) is 52.5 Å². The molecular formula is C19H13F3N4O6S. The first-order valence-electron chi connectivity index (χ1n) is 8.83. The molecule has 0 aliphatic carbocycles. The van der Waals surface area contributed by atoms with Crippen molar-refractivity contribution >= 4 is 23.1 Å². The number of nitro benzene ring substituents is 2. The van der Waals surface area contributed by atoms with Gasteiger partial charge in [0.25, 0.3) is 11.4 Å². The summed E-state index contributed by atoms with van der Waals surface area (Å²) in [7, 11) is 2.76. The second-order valence-corrected chi connectivity index (χ2v) is 7.27. The molecule has 0 aliphatic heterocycles. The number of ether oxygens (including phenoxy) is 2. The molecule has 0 aliphatic rings. The zero-order chi connectivity index (χ0) is 24.3. The summed E-state index contributed by atoms with van der Waals surface area (Å²) in [4.78, 5) is 28.0. The van der Waals surface area contributed by atoms with Gasteiger partial charge in [-0.15, -0.1) is 0 Å². The highest BCUT2D eigenvalue weighted by atomic mass is 32.2. The van der Waals surface area contributed by atoms with Crippen molar-refractivity contribution in [1.29, 1.82) is 0 Å². The summed E-state index contributed by atoms with van der Waals surface area (Å²) in [5.74, 6) is 0.602. The molecule has 0 fully saturated rings. The fraction of sp³-hybridized carbons (Fsp3) is 0.158. The topological polar surface area (TPSA) is 131 Å². The Hall–Kier alpha value is -3.94. The number of hydrogen-bond acceptors (Lipinski definition) is 9. The first-order chi connectivity index (χ1) is 15.5. The quantitative estimate of drug-likeness (QED) is 0.255. The Balaban J connectivity index is 2.12. The van der Waals surface area contributed by atoms with Crippen LogP contribution in [0.5, 0.6) is 11.5 Å². The second kappa shape index (κ2) is 9.28. The minimum atomic E-state index is -4.83. The smallest absolute Gasteiger partial charge is 0.433 e. The van der Waals surface area contributed by atoms with Gasteiger partial charge >= 0.3 is 6.18 Å². The summed E-state index contributed by atoms with van der Waals surface area (Å²) in [5, 5.41) is 21.8. The summed E-state index contributed by atoms with van der Waals surface area (Å²) < 4.78 is 50.7. The van der Waals surface area contributed by atoms with Crippen molar-refractivity contribution in [2.75, 3.05) is 14.2 Å². The summed E-state index contributed by atoms with van der Waals surface area (Å²) in [5.41, 5.74) is -2.34. The molecule has 172 valence electrons. The Morgan fingerprint density at radius 3 is 2.18 bits per heavy atom. The highest BCUT2D eigenvalue weighted by Gasteiger charge is 2.34. The van der Waals surface area contributed by atoms with E-state index in [0.29, 0.717) is 23.6 Å². The first-order valence-corrected chi connectivity index (χ1v) is 9.64. The molecule has 0 N–H and O–H groups in total. The van der Waals surface area contributed by atoms with Crippen LogP contribution < -0.4 is 9.47 Å². The zero-order valence-electron chi connectivity index (χ0n) is 16.8. The summed E-state index contributed by atoms with van der Waals surface area (Å²) in [6.45, 7) is 0. The van der Waals surface area contributed by atoms with E-state index in [1.54, 1.807) is 0 Å². The maximum absolute atomic E-state index is 13.5. The highest BCUT2D eigenvalue weighted by Crippen LogP contribution is 2.39. The fourth-order valence-corrected chi connectivity index (χ4v) is 3.56. The van der Waals surface area contributed by atoms with Crippen molar-refractivity contribution in [3.05, 3.63) is 68.4 Å². The van der Waals surface area contributed by atoms with Crippen LogP contribution in [0.4, 0.5) is 24.5 Å². The predicted octanol–water partition coefficient (Wildman–Crippen LogP) is 5.15. The molecule has 1 aromatic heterocycles. The molecule has 0 saturated heterocycles. The van der Waals surface area contributed by atoms with Gasteiger partial charge < -0.3 is 9.47 Å². The zero-order valence-corrected chi connectivity index (χ0v) is 17.6. The molecule has 0 saturated carbocycles. The largest absolute Gasteiger partial charge is 0.493 e. The molecule has 0 radical (unpaired) electrons. The molecule has 0 spiro atoms. The molecular weight excluding hydrogens is 469 g/mol. The van der Waals surface area contributed by atoms with Gasteiger partial charge in [-0.1, -0.05) is 0 Å². The number of halogens is 3. The van der Waals surface area contributed by atoms with E-state index in [2.05, 4.69) is 9.97 Å². The summed E-state index contributed by atoms with van der Waals surface area (Å²) in [6, 6.07) is 7.87. The molecule has 3 rings (SSSR count). The van der Waals surface area contributed by atoms with E-state index in [1.165, 1.54) is 32.4 Å². The SMILES string of the molecule is COc1ccc(-c2cc(C(F)(F)F)nc(Sc3ccc([N+](=O)[O-])cc3[N+](=O)[O-])n2)cc1OC. The van der Waals surface area contributed by atoms with Gasteiger partial charge in [-0.25, -0.2) is 9.97 Å². The van der Waals surface area contributed by atoms with Crippen molar-refractivity contribution < 1.29 is 32.5 Å². The van der Waals surface area contributed by atoms with Gasteiger partial charge in [-0.2, -0.15) is 13.2 Å². The lowest BCUT2D eigenvalue weighted by Gasteiger charge is -2.12. The monoisotopic (exact) mass is 482 g/mol. The molecule has 14 heteroatoms. The number of alkyl halides is 3. The van der Waals surface area contributed by atoms with Gasteiger partial charge in [0, 0.05) is 11.6 Å². The van der Waals surface area contributed by atoms with E-state index in [-0.39, 0.29) is 21.9 Å². The fourth-order valence-electron chi connectivity index (χ4n) is 2.71. The number of nitro groups is 2. The van der Waals surface area contributed by atoms with Crippen molar-refractivity contribution in [3.63, 3.8) is 0 Å². The second-order valence-electron chi connectivity index (χ2n) is 6.26. The van der Waals surface area contributed by atoms with Crippen LogP contribution in [-0.4, -0.2) is 34.0 Å². The number of nitrogens with zero attached hydrogens (tertiary/aromatic N) is 4. The van der Waals surface area contributed by atoms with E-state index < -0.39 is 38.2 Å². The molecule has 2 aromatic carbocycles. The van der Waals surface area contributed by atoms with E-state index in [1.807, 2.05) is 0 Å². The number of hydrogen-bond donors (Lipinski definition) is 0. The molecule has 0 atom stereocenters. The molecule has 33 heavy (non-hydrogen) atoms. The van der Waals surface area contributed by atoms with Gasteiger partial charge in [0.15, 0.2) is 16.7 Å². The third kappa shape index (κ3) is 5.28. The van der Waals surface area contributed by atoms with Crippen LogP contribution in [0.2, 0.25) is 0 Å². The van der Waals surface area contributed by atoms with Crippen molar-refractivity contribution in [1.82, 2.24) is 9.97 Å². The molecule has 10 nitrogen and oxygen atoms in total. The standard InChI is InChI=1S/C19H13F3N4O6S/c1-31-14-5-3-10(7-15(14)32-2)12-9-17(19(20,21)22)24-18(23-12)33-16-6-4-11(25(27)28)8-13(16)26(29)30/h3-9H,1-2H3. The van der Waals surface area contributed by atoms with E-state index in [4.69, 9.17) is 9.47 Å². The van der Waals surface area contributed by atoms with Crippen LogP contribution >= 0.6 is 11.8 Å². The Morgan fingerprint density at radius 1 is 0.909 bits per heavy atom. The van der Waals surface area contributed by atoms with Crippen LogP contribution in [-0.2, 0) is 6.18 Å². The Bertz CT molecular complexity index is 1240. The van der Waals surface area contributed by atoms with Crippen LogP contribution in [0.1, 0.15) is 5.69 Å². The number of rotatable bonds is 7. The van der Waals surface area contributed by atoms with Crippen LogP contribution in [0.25, 0.3) is 11.3 Å². The number of methoxy groups -OCH3 is 2. The average Bonchev–Trinajstić information content (AvgIpc) is 2.77. The first kappa shape index (κ1) is 23.7. The van der Waals surface area contributed by atoms with Crippen LogP contribution in [0, 0.1) is 20.2 Å². The Kier molecular flexibility index (Phi) is 6.67. The molecule has 0 unspecified atom stereocenters. The third-order valence-electron chi connectivity index (χ3n) is 4.23. The molecule has 0 amide bonds. The Labute approximate surface area is 187 Å². The van der Waals surface area contributed by atoms with E-state index >= 15 is 0 Å². The Morgan fingerprint density at radius 2 is 1.61 bits per heavy atom. The van der Waals surface area contributed by atoms with Gasteiger partial charge in [-0.3, -0.25) is 20.2 Å². The van der Waals surface area contributed by atoms with Crippen molar-refractivity contribution in [2.45, 2.75) is 16.2 Å². The average molecular weight is 482 g/mol. The van der Waals surface area contributed by atoms with Crippen molar-refractivity contribution in [2.24, 2.45) is 0 Å². The van der Waals surface area contributed by atoms with Gasteiger partial charge in [0.2, 0.25) is 0 Å². The molecule has 3 aromatic rings. The van der Waals surface area contributed by atoms with Gasteiger partial charge in [0.05, 0.1) is 40.7 Å². The maximum atomic E-state index is 13.5. The lowest BCUT2D eigenvalue weighted by molar-refractivity contribution is -0.396. The molecule has 0 bridgehead atoms. The summed E-state index contributed by atoms with van der Waals surface area (Å²) >= 11 is 0.477. The normalized spacial score (nSPS) is 11.2. The lowest BCUT2D eigenvalue weighted by atomic mass is 10.1. The number of benzene rings is 2. The van der Waals surface area contributed by atoms with Crippen molar-refractivity contribution in [3.8, 4) is 22.8 Å². The minimum Gasteiger partial charge on any atom is -0.493 e. The van der Waals surface area contributed by atoms with Gasteiger partial charge in [0.1, 0.15) is 5.69 Å². The van der Waals surface area contributed by atoms with E-state index in [0.717, 1.165) is 18.2 Å². The number of aromatic nitrogens is 2. The molecule has 1 heterocycles. The maximum Gasteiger partial charge on any atom is 0.433 e. The minimum absolute atomic E-state index is 0.120.